The van der Waals surface area contributed by atoms with Crippen LogP contribution in [0.1, 0.15) is 21.7 Å². The number of fused-ring (bicyclic) bond motifs is 1. The molecule has 0 aromatic carbocycles. The van der Waals surface area contributed by atoms with E-state index < -0.39 is 5.97 Å². The molecule has 0 bridgehead atoms. The number of carboxylic acid groups (broad SMARTS) is 1. The molecule has 0 saturated heterocycles. The zero-order chi connectivity index (χ0) is 14.8. The van der Waals surface area contributed by atoms with Crippen LogP contribution < -0.4 is 61.2 Å². The Balaban J connectivity index is 0.00000176. The van der Waals surface area contributed by atoms with Gasteiger partial charge >= 0.3 is 51.4 Å². The summed E-state index contributed by atoms with van der Waals surface area (Å²) in [5, 5.41) is 11.2. The molecule has 0 radical (unpaired) electrons. The Morgan fingerprint density at radius 2 is 2.18 bits per heavy atom. The van der Waals surface area contributed by atoms with Gasteiger partial charge in [-0.1, -0.05) is 0 Å². The molecule has 0 unspecified atom stereocenters. The van der Waals surface area contributed by atoms with Gasteiger partial charge in [-0.05, 0) is 30.7 Å². The van der Waals surface area contributed by atoms with Gasteiger partial charge < -0.3 is 19.0 Å². The van der Waals surface area contributed by atoms with Crippen molar-refractivity contribution < 1.29 is 66.0 Å². The third-order valence-electron chi connectivity index (χ3n) is 3.13. The zero-order valence-electron chi connectivity index (χ0n) is 12.3. The van der Waals surface area contributed by atoms with Gasteiger partial charge in [-0.15, -0.1) is 0 Å². The van der Waals surface area contributed by atoms with Crippen LogP contribution in [-0.4, -0.2) is 20.3 Å². The molecular weight excluding hydrogens is 309 g/mol. The number of aromatic nitrogens is 3. The van der Waals surface area contributed by atoms with Gasteiger partial charge in [0.15, 0.2) is 0 Å². The van der Waals surface area contributed by atoms with Gasteiger partial charge in [0.25, 0.3) is 0 Å². The number of ether oxygens (including phenoxy) is 1. The van der Waals surface area contributed by atoms with Crippen molar-refractivity contribution in [1.82, 2.24) is 14.4 Å². The summed E-state index contributed by atoms with van der Waals surface area (Å²) in [6.07, 6.45) is 6.42. The number of carbonyl (C=O) groups excluding carboxylic acids is 1. The number of aromatic carboxylic acids is 1. The summed E-state index contributed by atoms with van der Waals surface area (Å²) in [5.74, 6) is -0.662. The van der Waals surface area contributed by atoms with Gasteiger partial charge in [-0.25, -0.2) is 0 Å². The Kier molecular flexibility index (Phi) is 5.71. The van der Waals surface area contributed by atoms with Crippen LogP contribution in [0, 0.1) is 6.92 Å². The molecule has 0 amide bonds. The second-order valence-corrected chi connectivity index (χ2v) is 4.61. The molecule has 6 nitrogen and oxygen atoms in total. The molecule has 0 N–H and O–H groups in total. The van der Waals surface area contributed by atoms with Crippen molar-refractivity contribution >= 4 is 11.5 Å². The van der Waals surface area contributed by atoms with Crippen LogP contribution in [0.4, 0.5) is 0 Å². The maximum absolute atomic E-state index is 11.2. The average Bonchev–Trinajstić information content (AvgIpc) is 2.81. The van der Waals surface area contributed by atoms with Gasteiger partial charge in [0.1, 0.15) is 12.4 Å². The van der Waals surface area contributed by atoms with Crippen molar-refractivity contribution in [1.29, 1.82) is 0 Å². The molecule has 0 saturated carbocycles. The molecule has 0 aliphatic carbocycles. The average molecular weight is 321 g/mol. The van der Waals surface area contributed by atoms with Crippen LogP contribution in [0.15, 0.2) is 43.0 Å². The van der Waals surface area contributed by atoms with E-state index in [-0.39, 0.29) is 63.7 Å². The van der Waals surface area contributed by atoms with Crippen molar-refractivity contribution in [3.8, 4) is 5.75 Å². The van der Waals surface area contributed by atoms with Gasteiger partial charge in [0.05, 0.1) is 29.8 Å². The number of pyridine rings is 1. The first kappa shape index (κ1) is 17.1. The molecule has 0 aliphatic heterocycles. The Bertz CT molecular complexity index is 802. The molecule has 0 aliphatic rings. The third kappa shape index (κ3) is 3.56. The van der Waals surface area contributed by atoms with E-state index in [1.807, 2.05) is 0 Å². The summed E-state index contributed by atoms with van der Waals surface area (Å²) >= 11 is 0. The van der Waals surface area contributed by atoms with Gasteiger partial charge in [-0.2, -0.15) is 0 Å². The maximum Gasteiger partial charge on any atom is 1.00 e. The van der Waals surface area contributed by atoms with E-state index in [4.69, 9.17) is 4.74 Å². The predicted molar refractivity (Wildman–Crippen MR) is 72.8 cm³/mol. The monoisotopic (exact) mass is 321 g/mol. The Hall–Kier alpha value is -1.25. The van der Waals surface area contributed by atoms with Crippen molar-refractivity contribution in [3.63, 3.8) is 0 Å². The Morgan fingerprint density at radius 1 is 1.36 bits per heavy atom. The van der Waals surface area contributed by atoms with Crippen LogP contribution in [-0.2, 0) is 6.61 Å². The molecule has 0 fully saturated rings. The predicted octanol–water partition coefficient (Wildman–Crippen LogP) is -2.02. The topological polar surface area (TPSA) is 79.5 Å². The van der Waals surface area contributed by atoms with Crippen LogP contribution >= 0.6 is 0 Å². The largest absolute Gasteiger partial charge is 1.00 e. The van der Waals surface area contributed by atoms with Crippen LogP contribution in [0.3, 0.4) is 0 Å². The second kappa shape index (κ2) is 7.34. The van der Waals surface area contributed by atoms with Crippen molar-refractivity contribution in [2.75, 3.05) is 0 Å². The summed E-state index contributed by atoms with van der Waals surface area (Å²) in [4.78, 5) is 19.3. The molecular formula is C15H12KN3O3. The SMILES string of the molecule is Cc1cc2ccc(OCc3cnccn3)cn2c1C(=O)[O-].[K+]. The maximum atomic E-state index is 11.2. The fraction of sp³-hybridized carbons (Fsp3) is 0.133. The second-order valence-electron chi connectivity index (χ2n) is 4.61. The first-order valence-corrected chi connectivity index (χ1v) is 6.36. The Labute approximate surface area is 169 Å². The number of nitrogens with zero attached hydrogens (tertiary/aromatic N) is 3. The first-order valence-electron chi connectivity index (χ1n) is 6.36. The number of hydrogen-bond acceptors (Lipinski definition) is 5. The molecule has 7 heteroatoms. The normalized spacial score (nSPS) is 10.2. The number of hydrogen-bond donors (Lipinski definition) is 0. The Morgan fingerprint density at radius 3 is 2.86 bits per heavy atom. The van der Waals surface area contributed by atoms with E-state index in [2.05, 4.69) is 9.97 Å². The summed E-state index contributed by atoms with van der Waals surface area (Å²) in [6, 6.07) is 5.37. The number of carbonyl (C=O) groups is 1. The van der Waals surface area contributed by atoms with Crippen molar-refractivity contribution in [3.05, 3.63) is 59.9 Å². The van der Waals surface area contributed by atoms with Gasteiger partial charge in [0.2, 0.25) is 0 Å². The van der Waals surface area contributed by atoms with Crippen molar-refractivity contribution in [2.24, 2.45) is 0 Å². The van der Waals surface area contributed by atoms with Gasteiger partial charge in [0, 0.05) is 17.9 Å². The standard InChI is InChI=1S/C15H13N3O3.K/c1-10-6-12-2-3-13(8-18(12)14(10)15(19)20)21-9-11-7-16-4-5-17-11;/h2-8H,9H2,1H3,(H,19,20);/q;+1/p-1. The van der Waals surface area contributed by atoms with E-state index in [9.17, 15) is 9.90 Å². The fourth-order valence-electron chi connectivity index (χ4n) is 2.19. The number of rotatable bonds is 4. The molecule has 0 spiro atoms. The summed E-state index contributed by atoms with van der Waals surface area (Å²) in [6.45, 7) is 2.00. The van der Waals surface area contributed by atoms with E-state index in [1.165, 1.54) is 0 Å². The molecule has 3 aromatic heterocycles. The summed E-state index contributed by atoms with van der Waals surface area (Å²) in [7, 11) is 0. The van der Waals surface area contributed by atoms with E-state index >= 15 is 0 Å². The van der Waals surface area contributed by atoms with E-state index in [0.717, 1.165) is 5.52 Å². The third-order valence-corrected chi connectivity index (χ3v) is 3.13. The minimum Gasteiger partial charge on any atom is -0.543 e. The van der Waals surface area contributed by atoms with Gasteiger partial charge in [-0.3, -0.25) is 9.97 Å². The molecule has 0 atom stereocenters. The van der Waals surface area contributed by atoms with Crippen molar-refractivity contribution in [2.45, 2.75) is 13.5 Å². The van der Waals surface area contributed by atoms with E-state index in [0.29, 0.717) is 17.0 Å². The summed E-state index contributed by atoms with van der Waals surface area (Å²) in [5.41, 5.74) is 2.26. The van der Waals surface area contributed by atoms with Crippen LogP contribution in [0.2, 0.25) is 0 Å². The van der Waals surface area contributed by atoms with Crippen LogP contribution in [0.5, 0.6) is 5.75 Å². The van der Waals surface area contributed by atoms with E-state index in [1.54, 1.807) is 54.3 Å². The first-order chi connectivity index (χ1) is 10.1. The minimum absolute atomic E-state index is 0. The quantitative estimate of drug-likeness (QED) is 0.519. The number of aryl methyl sites for hydroxylation is 1. The summed E-state index contributed by atoms with van der Waals surface area (Å²) < 4.78 is 7.16. The molecule has 106 valence electrons. The smallest absolute Gasteiger partial charge is 0.543 e. The fourth-order valence-corrected chi connectivity index (χ4v) is 2.19. The molecule has 22 heavy (non-hydrogen) atoms. The minimum atomic E-state index is -1.21. The zero-order valence-corrected chi connectivity index (χ0v) is 15.4. The molecule has 3 heterocycles. The molecule has 3 aromatic rings. The number of carboxylic acids is 1. The van der Waals surface area contributed by atoms with Crippen LogP contribution in [0.25, 0.3) is 5.52 Å². The molecule has 3 rings (SSSR count).